The van der Waals surface area contributed by atoms with Crippen LogP contribution in [0, 0.1) is 0 Å². The number of H-pyrrole nitrogens is 2. The van der Waals surface area contributed by atoms with Gasteiger partial charge < -0.3 is 5.11 Å². The van der Waals surface area contributed by atoms with Gasteiger partial charge in [-0.05, 0) is 32.1 Å². The first-order valence-electron chi connectivity index (χ1n) is 11.4. The first kappa shape index (κ1) is 24.9. The molecule has 0 amide bonds. The molecule has 29 heavy (non-hydrogen) atoms. The highest BCUT2D eigenvalue weighted by atomic mass is 16.3. The zero-order valence-electron chi connectivity index (χ0n) is 18.0. The Labute approximate surface area is 174 Å². The molecule has 164 valence electrons. The Morgan fingerprint density at radius 1 is 0.793 bits per heavy atom. The Hall–Kier alpha value is -2.11. The Morgan fingerprint density at radius 3 is 1.93 bits per heavy atom. The molecule has 3 N–H and O–H groups in total. The second-order valence-electron chi connectivity index (χ2n) is 7.64. The maximum atomic E-state index is 11.5. The predicted octanol–water partition coefficient (Wildman–Crippen LogP) is 5.23. The second kappa shape index (κ2) is 16.8. The highest BCUT2D eigenvalue weighted by Gasteiger charge is 2.04. The SMILES string of the molecule is CCCCCCCC/C=C/CCCCCCCCN=Cc1c(O)[nH]c(=O)[nH]c1=O. The van der Waals surface area contributed by atoms with Gasteiger partial charge in [-0.3, -0.25) is 19.8 Å². The fraction of sp³-hybridized carbons (Fsp3) is 0.696. The predicted molar refractivity (Wildman–Crippen MR) is 121 cm³/mol. The smallest absolute Gasteiger partial charge is 0.328 e. The Morgan fingerprint density at radius 2 is 1.34 bits per heavy atom. The minimum Gasteiger partial charge on any atom is -0.494 e. The number of unbranched alkanes of at least 4 members (excludes halogenated alkanes) is 12. The lowest BCUT2D eigenvalue weighted by molar-refractivity contribution is 0.447. The van der Waals surface area contributed by atoms with Gasteiger partial charge in [-0.2, -0.15) is 0 Å². The topological polar surface area (TPSA) is 98.3 Å². The monoisotopic (exact) mass is 405 g/mol. The molecule has 1 aromatic heterocycles. The van der Waals surface area contributed by atoms with E-state index in [1.54, 1.807) is 0 Å². The first-order valence-corrected chi connectivity index (χ1v) is 11.4. The molecule has 0 aromatic carbocycles. The van der Waals surface area contributed by atoms with Crippen LogP contribution < -0.4 is 11.2 Å². The fourth-order valence-corrected chi connectivity index (χ4v) is 3.21. The number of nitrogens with zero attached hydrogens (tertiary/aromatic N) is 1. The molecule has 0 aliphatic carbocycles. The van der Waals surface area contributed by atoms with Crippen molar-refractivity contribution >= 4 is 6.21 Å². The lowest BCUT2D eigenvalue weighted by Crippen LogP contribution is -2.24. The number of hydrogen-bond acceptors (Lipinski definition) is 4. The number of aliphatic imine (C=N–C) groups is 1. The van der Waals surface area contributed by atoms with Gasteiger partial charge in [-0.1, -0.05) is 76.9 Å². The third kappa shape index (κ3) is 12.9. The van der Waals surface area contributed by atoms with Gasteiger partial charge in [0, 0.05) is 12.8 Å². The molecule has 0 fully saturated rings. The maximum Gasteiger partial charge on any atom is 0.328 e. The number of aromatic amines is 2. The molecule has 0 radical (unpaired) electrons. The zero-order valence-corrected chi connectivity index (χ0v) is 18.0. The molecule has 0 unspecified atom stereocenters. The van der Waals surface area contributed by atoms with Gasteiger partial charge in [0.05, 0.1) is 0 Å². The quantitative estimate of drug-likeness (QED) is 0.188. The van der Waals surface area contributed by atoms with Gasteiger partial charge in [-0.25, -0.2) is 4.79 Å². The maximum absolute atomic E-state index is 11.5. The van der Waals surface area contributed by atoms with Gasteiger partial charge in [-0.15, -0.1) is 0 Å². The third-order valence-electron chi connectivity index (χ3n) is 4.98. The van der Waals surface area contributed by atoms with E-state index in [4.69, 9.17) is 0 Å². The van der Waals surface area contributed by atoms with Crippen molar-refractivity contribution in [2.45, 2.75) is 96.8 Å². The number of aromatic nitrogens is 2. The molecule has 1 rings (SSSR count). The van der Waals surface area contributed by atoms with Crippen LogP contribution in [0.5, 0.6) is 5.88 Å². The summed E-state index contributed by atoms with van der Waals surface area (Å²) in [4.78, 5) is 30.9. The third-order valence-corrected chi connectivity index (χ3v) is 4.98. The summed E-state index contributed by atoms with van der Waals surface area (Å²) in [5.74, 6) is -0.441. The fourth-order valence-electron chi connectivity index (χ4n) is 3.21. The number of allylic oxidation sites excluding steroid dienone is 2. The van der Waals surface area contributed by atoms with Crippen molar-refractivity contribution in [2.75, 3.05) is 6.54 Å². The van der Waals surface area contributed by atoms with E-state index in [1.165, 1.54) is 83.3 Å². The van der Waals surface area contributed by atoms with E-state index in [0.29, 0.717) is 6.54 Å². The minimum absolute atomic E-state index is 0.00542. The van der Waals surface area contributed by atoms with Crippen LogP contribution in [0.25, 0.3) is 0 Å². The summed E-state index contributed by atoms with van der Waals surface area (Å²) in [6, 6.07) is 0. The lowest BCUT2D eigenvalue weighted by atomic mass is 10.1. The lowest BCUT2D eigenvalue weighted by Gasteiger charge is -2.00. The van der Waals surface area contributed by atoms with Crippen molar-refractivity contribution in [3.63, 3.8) is 0 Å². The average molecular weight is 406 g/mol. The largest absolute Gasteiger partial charge is 0.494 e. The molecule has 0 aliphatic rings. The number of rotatable bonds is 17. The zero-order chi connectivity index (χ0) is 21.2. The van der Waals surface area contributed by atoms with E-state index in [0.717, 1.165) is 12.8 Å². The highest BCUT2D eigenvalue weighted by molar-refractivity contribution is 5.81. The molecule has 1 aromatic rings. The van der Waals surface area contributed by atoms with Crippen LogP contribution in [0.15, 0.2) is 26.7 Å². The highest BCUT2D eigenvalue weighted by Crippen LogP contribution is 2.10. The van der Waals surface area contributed by atoms with E-state index < -0.39 is 17.1 Å². The average Bonchev–Trinajstić information content (AvgIpc) is 2.68. The molecule has 0 atom stereocenters. The van der Waals surface area contributed by atoms with Crippen molar-refractivity contribution in [1.82, 2.24) is 9.97 Å². The number of hydrogen-bond donors (Lipinski definition) is 3. The summed E-state index contributed by atoms with van der Waals surface area (Å²) in [5, 5.41) is 9.54. The van der Waals surface area contributed by atoms with Gasteiger partial charge in [0.2, 0.25) is 5.88 Å². The van der Waals surface area contributed by atoms with Gasteiger partial charge >= 0.3 is 5.69 Å². The summed E-state index contributed by atoms with van der Waals surface area (Å²) < 4.78 is 0. The summed E-state index contributed by atoms with van der Waals surface area (Å²) in [6.45, 7) is 2.87. The number of nitrogens with one attached hydrogen (secondary N) is 2. The summed E-state index contributed by atoms with van der Waals surface area (Å²) in [6.07, 6.45) is 23.7. The van der Waals surface area contributed by atoms with Crippen molar-refractivity contribution in [1.29, 1.82) is 0 Å². The minimum atomic E-state index is -0.724. The first-order chi connectivity index (χ1) is 14.1. The van der Waals surface area contributed by atoms with Crippen LogP contribution in [0.1, 0.15) is 102 Å². The van der Waals surface area contributed by atoms with E-state index in [1.807, 2.05) is 0 Å². The molecular weight excluding hydrogens is 366 g/mol. The summed E-state index contributed by atoms with van der Waals surface area (Å²) in [7, 11) is 0. The van der Waals surface area contributed by atoms with Gasteiger partial charge in [0.25, 0.3) is 5.56 Å². The van der Waals surface area contributed by atoms with Crippen molar-refractivity contribution in [2.24, 2.45) is 4.99 Å². The molecule has 6 nitrogen and oxygen atoms in total. The molecule has 0 aliphatic heterocycles. The number of aromatic hydroxyl groups is 1. The molecule has 0 bridgehead atoms. The van der Waals surface area contributed by atoms with Crippen molar-refractivity contribution in [3.8, 4) is 5.88 Å². The van der Waals surface area contributed by atoms with Crippen LogP contribution in [0.2, 0.25) is 0 Å². The normalized spacial score (nSPS) is 11.8. The van der Waals surface area contributed by atoms with Crippen LogP contribution in [0.4, 0.5) is 0 Å². The van der Waals surface area contributed by atoms with E-state index >= 15 is 0 Å². The van der Waals surface area contributed by atoms with Crippen molar-refractivity contribution < 1.29 is 5.11 Å². The Balaban J connectivity index is 1.93. The summed E-state index contributed by atoms with van der Waals surface area (Å²) in [5.41, 5.74) is -1.36. The second-order valence-corrected chi connectivity index (χ2v) is 7.64. The van der Waals surface area contributed by atoms with E-state index in [2.05, 4.69) is 34.0 Å². The van der Waals surface area contributed by atoms with Crippen LogP contribution in [-0.4, -0.2) is 27.8 Å². The van der Waals surface area contributed by atoms with Crippen LogP contribution in [-0.2, 0) is 0 Å². The summed E-state index contributed by atoms with van der Waals surface area (Å²) >= 11 is 0. The molecule has 0 saturated heterocycles. The van der Waals surface area contributed by atoms with E-state index in [-0.39, 0.29) is 5.56 Å². The standard InChI is InChI=1S/C23H39N3O3/c1-2-3-4-5-6-7-8-9-10-11-12-13-14-15-16-17-18-24-19-20-21(27)25-23(29)26-22(20)28/h9-10,19H,2-8,11-18H2,1H3,(H3,25,26,27,28,29)/b10-9+,24-19?. The molecule has 0 saturated carbocycles. The van der Waals surface area contributed by atoms with Crippen LogP contribution in [0.3, 0.4) is 0 Å². The van der Waals surface area contributed by atoms with Gasteiger partial charge in [0.1, 0.15) is 5.56 Å². The van der Waals surface area contributed by atoms with Crippen molar-refractivity contribution in [3.05, 3.63) is 38.6 Å². The Kier molecular flexibility index (Phi) is 14.4. The van der Waals surface area contributed by atoms with Crippen LogP contribution >= 0.6 is 0 Å². The molecular formula is C23H39N3O3. The van der Waals surface area contributed by atoms with Gasteiger partial charge in [0.15, 0.2) is 0 Å². The molecule has 0 spiro atoms. The Bertz CT molecular complexity index is 704. The van der Waals surface area contributed by atoms with E-state index in [9.17, 15) is 14.7 Å². The molecule has 1 heterocycles. The molecule has 6 heteroatoms.